The van der Waals surface area contributed by atoms with Gasteiger partial charge in [-0.2, -0.15) is 13.2 Å². The number of nitrogens with one attached hydrogen (secondary N) is 1. The van der Waals surface area contributed by atoms with Crippen LogP contribution in [-0.2, 0) is 0 Å². The van der Waals surface area contributed by atoms with Gasteiger partial charge in [0, 0.05) is 25.3 Å². The molecule has 0 aromatic carbocycles. The molecule has 0 bridgehead atoms. The minimum Gasteiger partial charge on any atom is -0.366 e. The third-order valence-electron chi connectivity index (χ3n) is 2.94. The summed E-state index contributed by atoms with van der Waals surface area (Å²) in [4.78, 5) is 5.57. The lowest BCUT2D eigenvalue weighted by atomic mass is 10.2. The molecule has 2 rings (SSSR count). The molecule has 1 atom stereocenters. The molecule has 2 heterocycles. The number of hydrogen-bond donors (Lipinski definition) is 1. The van der Waals surface area contributed by atoms with Gasteiger partial charge in [-0.15, -0.1) is 0 Å². The number of aryl methyl sites for hydroxylation is 1. The highest BCUT2D eigenvalue weighted by Gasteiger charge is 2.34. The number of pyridine rings is 1. The summed E-state index contributed by atoms with van der Waals surface area (Å²) < 4.78 is 36.7. The summed E-state index contributed by atoms with van der Waals surface area (Å²) in [5.41, 5.74) is 1.08. The maximum atomic E-state index is 12.2. The Morgan fingerprint density at radius 3 is 2.70 bits per heavy atom. The second kappa shape index (κ2) is 7.47. The van der Waals surface area contributed by atoms with E-state index in [0.29, 0.717) is 19.5 Å². The van der Waals surface area contributed by atoms with Gasteiger partial charge in [0.05, 0.1) is 6.54 Å². The van der Waals surface area contributed by atoms with E-state index in [0.717, 1.165) is 11.4 Å². The SMILES string of the molecule is CC.Cc1ccnc(NC2CCN(CC(F)(F)F)C2)c1. The van der Waals surface area contributed by atoms with Crippen LogP contribution in [0.3, 0.4) is 0 Å². The molecule has 1 aliphatic heterocycles. The Balaban J connectivity index is 0.000000956. The average molecular weight is 289 g/mol. The number of alkyl halides is 3. The Labute approximate surface area is 118 Å². The van der Waals surface area contributed by atoms with Crippen LogP contribution >= 0.6 is 0 Å². The lowest BCUT2D eigenvalue weighted by Crippen LogP contribution is -2.34. The van der Waals surface area contributed by atoms with Crippen molar-refractivity contribution in [3.63, 3.8) is 0 Å². The normalized spacial score (nSPS) is 19.4. The Morgan fingerprint density at radius 2 is 2.10 bits per heavy atom. The van der Waals surface area contributed by atoms with Crippen molar-refractivity contribution in [2.45, 2.75) is 39.4 Å². The highest BCUT2D eigenvalue weighted by Crippen LogP contribution is 2.21. The predicted octanol–water partition coefficient (Wildman–Crippen LogP) is 3.46. The quantitative estimate of drug-likeness (QED) is 0.923. The van der Waals surface area contributed by atoms with Gasteiger partial charge in [0.25, 0.3) is 0 Å². The van der Waals surface area contributed by atoms with Crippen LogP contribution in [-0.4, -0.2) is 41.7 Å². The molecule has 6 heteroatoms. The molecule has 1 aromatic heterocycles. The van der Waals surface area contributed by atoms with Crippen molar-refractivity contribution in [1.29, 1.82) is 0 Å². The van der Waals surface area contributed by atoms with Gasteiger partial charge in [-0.3, -0.25) is 4.90 Å². The fourth-order valence-corrected chi connectivity index (χ4v) is 2.17. The van der Waals surface area contributed by atoms with E-state index in [4.69, 9.17) is 0 Å². The molecule has 0 spiro atoms. The molecule has 20 heavy (non-hydrogen) atoms. The largest absolute Gasteiger partial charge is 0.401 e. The summed E-state index contributed by atoms with van der Waals surface area (Å²) in [6.07, 6.45) is -1.71. The number of halogens is 3. The third-order valence-corrected chi connectivity index (χ3v) is 2.94. The van der Waals surface area contributed by atoms with Gasteiger partial charge in [-0.25, -0.2) is 4.98 Å². The molecule has 0 radical (unpaired) electrons. The first-order valence-corrected chi connectivity index (χ1v) is 6.91. The second-order valence-corrected chi connectivity index (χ2v) is 4.70. The summed E-state index contributed by atoms with van der Waals surface area (Å²) in [6, 6.07) is 3.82. The number of hydrogen-bond acceptors (Lipinski definition) is 3. The van der Waals surface area contributed by atoms with E-state index >= 15 is 0 Å². The second-order valence-electron chi connectivity index (χ2n) is 4.70. The lowest BCUT2D eigenvalue weighted by Gasteiger charge is -2.18. The minimum atomic E-state index is -4.11. The van der Waals surface area contributed by atoms with Crippen LogP contribution in [0.4, 0.5) is 19.0 Å². The topological polar surface area (TPSA) is 28.2 Å². The summed E-state index contributed by atoms with van der Waals surface area (Å²) in [5, 5.41) is 3.18. The summed E-state index contributed by atoms with van der Waals surface area (Å²) in [6.45, 7) is 6.02. The summed E-state index contributed by atoms with van der Waals surface area (Å²) in [7, 11) is 0. The smallest absolute Gasteiger partial charge is 0.366 e. The molecule has 1 saturated heterocycles. The summed E-state index contributed by atoms with van der Waals surface area (Å²) in [5.74, 6) is 0.730. The molecule has 1 aromatic rings. The first-order chi connectivity index (χ1) is 9.42. The van der Waals surface area contributed by atoms with Gasteiger partial charge >= 0.3 is 6.18 Å². The Bertz CT molecular complexity index is 407. The van der Waals surface area contributed by atoms with Crippen molar-refractivity contribution in [2.75, 3.05) is 25.0 Å². The lowest BCUT2D eigenvalue weighted by molar-refractivity contribution is -0.143. The fourth-order valence-electron chi connectivity index (χ4n) is 2.17. The fraction of sp³-hybridized carbons (Fsp3) is 0.643. The van der Waals surface area contributed by atoms with E-state index in [1.165, 1.54) is 4.90 Å². The molecule has 0 amide bonds. The van der Waals surface area contributed by atoms with Crippen LogP contribution < -0.4 is 5.32 Å². The zero-order chi connectivity index (χ0) is 15.2. The van der Waals surface area contributed by atoms with E-state index in [1.807, 2.05) is 32.9 Å². The number of aromatic nitrogens is 1. The van der Waals surface area contributed by atoms with Gasteiger partial charge in [-0.05, 0) is 31.0 Å². The van der Waals surface area contributed by atoms with Gasteiger partial charge in [-0.1, -0.05) is 13.8 Å². The maximum absolute atomic E-state index is 12.2. The Hall–Kier alpha value is -1.30. The molecule has 1 N–H and O–H groups in total. The van der Waals surface area contributed by atoms with Crippen LogP contribution in [0.1, 0.15) is 25.8 Å². The number of nitrogens with zero attached hydrogens (tertiary/aromatic N) is 2. The number of likely N-dealkylation sites (tertiary alicyclic amines) is 1. The van der Waals surface area contributed by atoms with Crippen LogP contribution in [0, 0.1) is 6.92 Å². The van der Waals surface area contributed by atoms with E-state index in [9.17, 15) is 13.2 Å². The van der Waals surface area contributed by atoms with Crippen molar-refractivity contribution in [3.05, 3.63) is 23.9 Å². The van der Waals surface area contributed by atoms with Crippen molar-refractivity contribution in [1.82, 2.24) is 9.88 Å². The minimum absolute atomic E-state index is 0.0432. The van der Waals surface area contributed by atoms with Crippen LogP contribution in [0.15, 0.2) is 18.3 Å². The number of rotatable bonds is 3. The molecule has 114 valence electrons. The van der Waals surface area contributed by atoms with Crippen molar-refractivity contribution >= 4 is 5.82 Å². The van der Waals surface area contributed by atoms with E-state index in [1.54, 1.807) is 6.20 Å². The molecule has 1 fully saturated rings. The molecular weight excluding hydrogens is 267 g/mol. The first-order valence-electron chi connectivity index (χ1n) is 6.91. The zero-order valence-corrected chi connectivity index (χ0v) is 12.2. The van der Waals surface area contributed by atoms with Crippen LogP contribution in [0.5, 0.6) is 0 Å². The molecule has 1 aliphatic rings. The van der Waals surface area contributed by atoms with E-state index in [2.05, 4.69) is 10.3 Å². The van der Waals surface area contributed by atoms with Crippen molar-refractivity contribution in [3.8, 4) is 0 Å². The van der Waals surface area contributed by atoms with Gasteiger partial charge in [0.1, 0.15) is 5.82 Å². The van der Waals surface area contributed by atoms with E-state index < -0.39 is 12.7 Å². The molecule has 1 unspecified atom stereocenters. The van der Waals surface area contributed by atoms with Gasteiger partial charge in [0.2, 0.25) is 0 Å². The maximum Gasteiger partial charge on any atom is 0.401 e. The molecule has 0 aliphatic carbocycles. The van der Waals surface area contributed by atoms with Crippen molar-refractivity contribution < 1.29 is 13.2 Å². The zero-order valence-electron chi connectivity index (χ0n) is 12.2. The standard InChI is InChI=1S/C12H16F3N3.C2H6/c1-9-2-4-16-11(6-9)17-10-3-5-18(7-10)8-12(13,14)15;1-2/h2,4,6,10H,3,5,7-8H2,1H3,(H,16,17);1-2H3. The highest BCUT2D eigenvalue weighted by atomic mass is 19.4. The van der Waals surface area contributed by atoms with Gasteiger partial charge in [0.15, 0.2) is 0 Å². The van der Waals surface area contributed by atoms with Crippen molar-refractivity contribution in [2.24, 2.45) is 0 Å². The third kappa shape index (κ3) is 5.77. The first kappa shape index (κ1) is 16.8. The van der Waals surface area contributed by atoms with Crippen LogP contribution in [0.25, 0.3) is 0 Å². The summed E-state index contributed by atoms with van der Waals surface area (Å²) >= 11 is 0. The Kier molecular flexibility index (Phi) is 6.26. The molecule has 3 nitrogen and oxygen atoms in total. The Morgan fingerprint density at radius 1 is 1.40 bits per heavy atom. The predicted molar refractivity (Wildman–Crippen MR) is 74.8 cm³/mol. The number of anilines is 1. The van der Waals surface area contributed by atoms with Gasteiger partial charge < -0.3 is 5.32 Å². The molecular formula is C14H22F3N3. The monoisotopic (exact) mass is 289 g/mol. The average Bonchev–Trinajstić information content (AvgIpc) is 2.76. The van der Waals surface area contributed by atoms with Crippen LogP contribution in [0.2, 0.25) is 0 Å². The molecule has 0 saturated carbocycles. The highest BCUT2D eigenvalue weighted by molar-refractivity contribution is 5.38. The van der Waals surface area contributed by atoms with E-state index in [-0.39, 0.29) is 6.04 Å².